The molecule has 0 bridgehead atoms. The molecule has 1 aliphatic rings. The van der Waals surface area contributed by atoms with Crippen molar-refractivity contribution < 1.29 is 14.3 Å². The summed E-state index contributed by atoms with van der Waals surface area (Å²) in [5.41, 5.74) is -0.324. The monoisotopic (exact) mass is 270 g/mol. The first-order valence-electron chi connectivity index (χ1n) is 3.51. The Labute approximate surface area is 79.6 Å². The number of hydrogen-bond donors (Lipinski definition) is 0. The fourth-order valence-corrected chi connectivity index (χ4v) is 1.63. The van der Waals surface area contributed by atoms with Crippen LogP contribution in [0.1, 0.15) is 20.3 Å². The van der Waals surface area contributed by atoms with Gasteiger partial charge in [-0.15, -0.1) is 0 Å². The third kappa shape index (κ3) is 2.21. The summed E-state index contributed by atoms with van der Waals surface area (Å²) < 4.78 is 10.7. The quantitative estimate of drug-likeness (QED) is 0.416. The molecule has 1 saturated heterocycles. The van der Waals surface area contributed by atoms with E-state index in [9.17, 15) is 4.79 Å². The van der Waals surface area contributed by atoms with Gasteiger partial charge in [-0.2, -0.15) is 0 Å². The average molecular weight is 270 g/mol. The molecule has 0 aromatic heterocycles. The third-order valence-electron chi connectivity index (χ3n) is 1.63. The molecule has 2 atom stereocenters. The van der Waals surface area contributed by atoms with Gasteiger partial charge in [0.05, 0.1) is 0 Å². The number of halogens is 1. The van der Waals surface area contributed by atoms with Gasteiger partial charge in [0, 0.05) is 10.8 Å². The van der Waals surface area contributed by atoms with E-state index in [0.29, 0.717) is 0 Å². The normalized spacial score (nSPS) is 37.7. The number of hydrogen-bond acceptors (Lipinski definition) is 3. The van der Waals surface area contributed by atoms with E-state index in [-0.39, 0.29) is 11.7 Å². The lowest BCUT2D eigenvalue weighted by atomic mass is 10.0. The Morgan fingerprint density at radius 2 is 2.45 bits per heavy atom. The van der Waals surface area contributed by atoms with Gasteiger partial charge in [0.1, 0.15) is 11.7 Å². The van der Waals surface area contributed by atoms with Gasteiger partial charge in [0.2, 0.25) is 0 Å². The molecule has 1 heterocycles. The Kier molecular flexibility index (Phi) is 2.61. The molecule has 1 fully saturated rings. The summed E-state index contributed by atoms with van der Waals surface area (Å²) >= 11 is 2.21. The summed E-state index contributed by atoms with van der Waals surface area (Å²) in [4.78, 5) is 10.8. The maximum absolute atomic E-state index is 10.8. The van der Waals surface area contributed by atoms with Gasteiger partial charge in [0.25, 0.3) is 0 Å². The molecule has 0 aliphatic carbocycles. The van der Waals surface area contributed by atoms with Crippen molar-refractivity contribution in [1.82, 2.24) is 0 Å². The van der Waals surface area contributed by atoms with Crippen molar-refractivity contribution in [3.05, 3.63) is 0 Å². The average Bonchev–Trinajstić information content (AvgIpc) is 1.84. The minimum Gasteiger partial charge on any atom is -0.431 e. The number of ether oxygens (including phenoxy) is 2. The molecule has 0 radical (unpaired) electrons. The van der Waals surface area contributed by atoms with Crippen LogP contribution in [0, 0.1) is 0 Å². The molecule has 1 aliphatic heterocycles. The molecule has 0 aromatic carbocycles. The predicted octanol–water partition coefficient (Wildman–Crippen LogP) is 2.13. The van der Waals surface area contributed by atoms with Crippen LogP contribution >= 0.6 is 22.6 Å². The molecular weight excluding hydrogens is 259 g/mol. The Morgan fingerprint density at radius 1 is 1.82 bits per heavy atom. The molecule has 0 saturated carbocycles. The molecule has 2 unspecified atom stereocenters. The standard InChI is InChI=1S/C7H11IO3/c1-5-3-7(2,4-8)11-6(9)10-5/h5H,3-4H2,1-2H3. The largest absolute Gasteiger partial charge is 0.509 e. The summed E-state index contributed by atoms with van der Waals surface area (Å²) in [6.07, 6.45) is 0.223. The van der Waals surface area contributed by atoms with Crippen LogP contribution in [-0.2, 0) is 9.47 Å². The van der Waals surface area contributed by atoms with Crippen LogP contribution in [0.5, 0.6) is 0 Å². The van der Waals surface area contributed by atoms with Gasteiger partial charge in [-0.05, 0) is 13.8 Å². The van der Waals surface area contributed by atoms with Gasteiger partial charge in [-0.3, -0.25) is 0 Å². The Bertz CT molecular complexity index is 171. The summed E-state index contributed by atoms with van der Waals surface area (Å²) in [7, 11) is 0. The van der Waals surface area contributed by atoms with Crippen LogP contribution in [0.2, 0.25) is 0 Å². The Balaban J connectivity index is 2.62. The van der Waals surface area contributed by atoms with Crippen molar-refractivity contribution in [2.75, 3.05) is 4.43 Å². The van der Waals surface area contributed by atoms with Crippen molar-refractivity contribution in [3.8, 4) is 0 Å². The smallest absolute Gasteiger partial charge is 0.431 e. The lowest BCUT2D eigenvalue weighted by molar-refractivity contribution is -0.0895. The van der Waals surface area contributed by atoms with Crippen molar-refractivity contribution >= 4 is 28.7 Å². The second-order valence-corrected chi connectivity index (χ2v) is 3.83. The van der Waals surface area contributed by atoms with Crippen molar-refractivity contribution in [2.45, 2.75) is 32.0 Å². The molecule has 4 heteroatoms. The van der Waals surface area contributed by atoms with Crippen LogP contribution < -0.4 is 0 Å². The van der Waals surface area contributed by atoms with E-state index in [0.717, 1.165) is 10.8 Å². The lowest BCUT2D eigenvalue weighted by Gasteiger charge is -2.34. The molecule has 0 N–H and O–H groups in total. The van der Waals surface area contributed by atoms with E-state index in [4.69, 9.17) is 9.47 Å². The number of alkyl halides is 1. The second-order valence-electron chi connectivity index (χ2n) is 3.07. The van der Waals surface area contributed by atoms with Gasteiger partial charge < -0.3 is 9.47 Å². The fraction of sp³-hybridized carbons (Fsp3) is 0.857. The Morgan fingerprint density at radius 3 is 2.91 bits per heavy atom. The van der Waals surface area contributed by atoms with Crippen LogP contribution in [0.3, 0.4) is 0 Å². The SMILES string of the molecule is CC1CC(C)(CI)OC(=O)O1. The van der Waals surface area contributed by atoms with Gasteiger partial charge in [-0.25, -0.2) is 4.79 Å². The zero-order valence-electron chi connectivity index (χ0n) is 6.59. The molecule has 0 aromatic rings. The van der Waals surface area contributed by atoms with Crippen molar-refractivity contribution in [3.63, 3.8) is 0 Å². The molecule has 11 heavy (non-hydrogen) atoms. The number of carbonyl (C=O) groups excluding carboxylic acids is 1. The zero-order valence-corrected chi connectivity index (χ0v) is 8.75. The first-order valence-corrected chi connectivity index (χ1v) is 5.04. The molecule has 0 spiro atoms. The highest BCUT2D eigenvalue weighted by molar-refractivity contribution is 14.1. The van der Waals surface area contributed by atoms with E-state index in [2.05, 4.69) is 22.6 Å². The lowest BCUT2D eigenvalue weighted by Crippen LogP contribution is -2.43. The van der Waals surface area contributed by atoms with E-state index in [1.165, 1.54) is 0 Å². The first kappa shape index (κ1) is 9.09. The summed E-state index contributed by atoms with van der Waals surface area (Å²) in [5.74, 6) is 0. The van der Waals surface area contributed by atoms with E-state index in [1.807, 2.05) is 13.8 Å². The third-order valence-corrected chi connectivity index (χ3v) is 3.24. The second kappa shape index (κ2) is 3.16. The highest BCUT2D eigenvalue weighted by atomic mass is 127. The van der Waals surface area contributed by atoms with Gasteiger partial charge in [0.15, 0.2) is 0 Å². The van der Waals surface area contributed by atoms with Crippen molar-refractivity contribution in [2.24, 2.45) is 0 Å². The highest BCUT2D eigenvalue weighted by Crippen LogP contribution is 2.27. The van der Waals surface area contributed by atoms with Crippen molar-refractivity contribution in [1.29, 1.82) is 0 Å². The van der Waals surface area contributed by atoms with Gasteiger partial charge >= 0.3 is 6.16 Å². The molecule has 64 valence electrons. The molecule has 3 nitrogen and oxygen atoms in total. The number of carbonyl (C=O) groups is 1. The van der Waals surface area contributed by atoms with E-state index >= 15 is 0 Å². The number of rotatable bonds is 1. The highest BCUT2D eigenvalue weighted by Gasteiger charge is 2.36. The first-order chi connectivity index (χ1) is 5.06. The predicted molar refractivity (Wildman–Crippen MR) is 48.9 cm³/mol. The Hall–Kier alpha value is 0. The van der Waals surface area contributed by atoms with Crippen LogP contribution in [0.4, 0.5) is 4.79 Å². The fourth-order valence-electron chi connectivity index (χ4n) is 1.16. The van der Waals surface area contributed by atoms with Crippen LogP contribution in [-0.4, -0.2) is 22.3 Å². The summed E-state index contributed by atoms with van der Waals surface area (Å²) in [5, 5.41) is 0. The summed E-state index contributed by atoms with van der Waals surface area (Å²) in [6.45, 7) is 3.81. The minimum absolute atomic E-state index is 0.0176. The summed E-state index contributed by atoms with van der Waals surface area (Å²) in [6, 6.07) is 0. The maximum Gasteiger partial charge on any atom is 0.509 e. The van der Waals surface area contributed by atoms with E-state index < -0.39 is 6.16 Å². The zero-order chi connectivity index (χ0) is 8.48. The van der Waals surface area contributed by atoms with E-state index in [1.54, 1.807) is 0 Å². The molecule has 1 rings (SSSR count). The number of cyclic esters (lactones) is 2. The van der Waals surface area contributed by atoms with Crippen LogP contribution in [0.15, 0.2) is 0 Å². The maximum atomic E-state index is 10.8. The molecule has 0 amide bonds. The molecular formula is C7H11IO3. The van der Waals surface area contributed by atoms with Crippen LogP contribution in [0.25, 0.3) is 0 Å². The minimum atomic E-state index is -0.539. The topological polar surface area (TPSA) is 35.5 Å². The van der Waals surface area contributed by atoms with Gasteiger partial charge in [-0.1, -0.05) is 22.6 Å².